The first kappa shape index (κ1) is 32.0. The number of alkyl halides is 6. The van der Waals surface area contributed by atoms with Gasteiger partial charge in [-0.3, -0.25) is 0 Å². The summed E-state index contributed by atoms with van der Waals surface area (Å²) in [4.78, 5) is 24.6. The van der Waals surface area contributed by atoms with Crippen LogP contribution in [-0.4, -0.2) is 61.8 Å². The molecule has 2 aromatic carbocycles. The summed E-state index contributed by atoms with van der Waals surface area (Å²) >= 11 is 0. The van der Waals surface area contributed by atoms with Crippen molar-refractivity contribution in [1.29, 1.82) is 0 Å². The first-order valence-electron chi connectivity index (χ1n) is 13.8. The Balaban J connectivity index is 1.13. The first-order chi connectivity index (χ1) is 20.3. The number of allylic oxidation sites excluding steroid dienone is 1. The van der Waals surface area contributed by atoms with Crippen molar-refractivity contribution in [2.75, 3.05) is 26.2 Å². The second-order valence-corrected chi connectivity index (χ2v) is 10.8. The average Bonchev–Trinajstić information content (AvgIpc) is 2.90. The van der Waals surface area contributed by atoms with Crippen LogP contribution in [0.25, 0.3) is 6.08 Å². The summed E-state index contributed by atoms with van der Waals surface area (Å²) in [6, 6.07) is 16.8. The highest BCUT2D eigenvalue weighted by atomic mass is 19.4. The molecular weight excluding hydrogens is 582 g/mol. The van der Waals surface area contributed by atoms with Crippen molar-refractivity contribution in [3.05, 3.63) is 71.3 Å². The van der Waals surface area contributed by atoms with Crippen LogP contribution < -0.4 is 10.1 Å². The molecule has 4 rings (SSSR count). The smallest absolute Gasteiger partial charge is 0.434 e. The molecule has 2 fully saturated rings. The molecule has 1 saturated heterocycles. The van der Waals surface area contributed by atoms with E-state index < -0.39 is 30.6 Å². The third kappa shape index (κ3) is 9.04. The van der Waals surface area contributed by atoms with E-state index in [1.165, 1.54) is 0 Å². The molecule has 0 bridgehead atoms. The van der Waals surface area contributed by atoms with Gasteiger partial charge in [-0.2, -0.15) is 26.3 Å². The molecule has 234 valence electrons. The standard InChI is InChI=1S/C30H32F6N2O5/c31-29(32,33)25(30(34,35)36)43-27(40)38-19-28(20-38)16-22(17-28)15-23-11-5-6-12-24(23)41-14-8-2-7-13-37-26(39)42-18-21-9-3-1-4-10-21/h1,3-6,9-12,15,25H,2,7-8,13-14,16-20H2,(H,37,39). The molecule has 0 unspecified atom stereocenters. The molecule has 1 saturated carbocycles. The Kier molecular flexibility index (Phi) is 10.1. The number of halogens is 6. The van der Waals surface area contributed by atoms with Crippen LogP contribution in [0.1, 0.15) is 43.2 Å². The second-order valence-electron chi connectivity index (χ2n) is 10.8. The molecule has 0 aromatic heterocycles. The summed E-state index contributed by atoms with van der Waals surface area (Å²) in [5, 5.41) is 2.72. The molecule has 0 radical (unpaired) electrons. The third-order valence-corrected chi connectivity index (χ3v) is 7.17. The number of likely N-dealkylation sites (tertiary alicyclic amines) is 1. The molecule has 7 nitrogen and oxygen atoms in total. The Hall–Kier alpha value is -3.90. The van der Waals surface area contributed by atoms with Crippen LogP contribution in [0, 0.1) is 5.41 Å². The summed E-state index contributed by atoms with van der Waals surface area (Å²) in [6.07, 6.45) is -12.3. The second kappa shape index (κ2) is 13.6. The summed E-state index contributed by atoms with van der Waals surface area (Å²) in [7, 11) is 0. The fraction of sp³-hybridized carbons (Fsp3) is 0.467. The average molecular weight is 615 g/mol. The van der Waals surface area contributed by atoms with Gasteiger partial charge in [-0.25, -0.2) is 9.59 Å². The molecule has 1 aliphatic heterocycles. The van der Waals surface area contributed by atoms with E-state index >= 15 is 0 Å². The van der Waals surface area contributed by atoms with Gasteiger partial charge < -0.3 is 24.4 Å². The van der Waals surface area contributed by atoms with Gasteiger partial charge in [-0.05, 0) is 43.7 Å². The summed E-state index contributed by atoms with van der Waals surface area (Å²) in [5.74, 6) is 0.683. The van der Waals surface area contributed by atoms with Crippen molar-refractivity contribution in [2.24, 2.45) is 5.41 Å². The Morgan fingerprint density at radius 2 is 1.56 bits per heavy atom. The molecule has 13 heteroatoms. The van der Waals surface area contributed by atoms with Crippen molar-refractivity contribution >= 4 is 18.3 Å². The highest BCUT2D eigenvalue weighted by molar-refractivity contribution is 5.70. The lowest BCUT2D eigenvalue weighted by molar-refractivity contribution is -0.309. The lowest BCUT2D eigenvalue weighted by Crippen LogP contribution is -2.63. The summed E-state index contributed by atoms with van der Waals surface area (Å²) < 4.78 is 90.9. The largest absolute Gasteiger partial charge is 0.493 e. The lowest BCUT2D eigenvalue weighted by Gasteiger charge is -2.56. The van der Waals surface area contributed by atoms with Crippen LogP contribution in [0.4, 0.5) is 35.9 Å². The number of rotatable bonds is 11. The SMILES string of the molecule is O=C(NCCCCCOc1ccccc1C=C1CC2(C1)CN(C(=O)OC(C(F)(F)F)C(F)(F)F)C2)OCc1ccccc1. The van der Waals surface area contributed by atoms with Gasteiger partial charge in [0.2, 0.25) is 0 Å². The molecule has 1 N–H and O–H groups in total. The summed E-state index contributed by atoms with van der Waals surface area (Å²) in [6.45, 7) is 1.23. The van der Waals surface area contributed by atoms with Gasteiger partial charge in [0.05, 0.1) is 6.61 Å². The number of unbranched alkanes of at least 4 members (excludes halogenated alkanes) is 2. The summed E-state index contributed by atoms with van der Waals surface area (Å²) in [5.41, 5.74) is 2.43. The Morgan fingerprint density at radius 3 is 2.23 bits per heavy atom. The third-order valence-electron chi connectivity index (χ3n) is 7.17. The van der Waals surface area contributed by atoms with Crippen molar-refractivity contribution in [3.63, 3.8) is 0 Å². The fourth-order valence-electron chi connectivity index (χ4n) is 5.13. The normalized spacial score (nSPS) is 15.9. The predicted molar refractivity (Wildman–Crippen MR) is 144 cm³/mol. The number of para-hydroxylation sites is 1. The van der Waals surface area contributed by atoms with E-state index in [1.54, 1.807) is 0 Å². The molecule has 0 atom stereocenters. The van der Waals surface area contributed by atoms with Crippen LogP contribution in [0.3, 0.4) is 0 Å². The van der Waals surface area contributed by atoms with E-state index in [4.69, 9.17) is 9.47 Å². The highest BCUT2D eigenvalue weighted by Gasteiger charge is 2.61. The minimum atomic E-state index is -5.74. The van der Waals surface area contributed by atoms with E-state index in [0.717, 1.165) is 40.9 Å². The topological polar surface area (TPSA) is 77.1 Å². The predicted octanol–water partition coefficient (Wildman–Crippen LogP) is 7.27. The van der Waals surface area contributed by atoms with Gasteiger partial charge in [0.15, 0.2) is 0 Å². The maximum Gasteiger partial charge on any atom is 0.434 e. The number of carbonyl (C=O) groups excluding carboxylic acids is 2. The molecule has 2 amide bonds. The maximum atomic E-state index is 12.7. The molecular formula is C30H32F6N2O5. The van der Waals surface area contributed by atoms with Gasteiger partial charge in [-0.15, -0.1) is 0 Å². The van der Waals surface area contributed by atoms with Crippen LogP contribution >= 0.6 is 0 Å². The van der Waals surface area contributed by atoms with Crippen LogP contribution in [0.2, 0.25) is 0 Å². The number of nitrogens with one attached hydrogen (secondary N) is 1. The zero-order chi connectivity index (χ0) is 31.1. The van der Waals surface area contributed by atoms with Crippen molar-refractivity contribution in [3.8, 4) is 5.75 Å². The number of carbonyl (C=O) groups is 2. The Bertz CT molecular complexity index is 1250. The van der Waals surface area contributed by atoms with Crippen LogP contribution in [0.5, 0.6) is 5.75 Å². The fourth-order valence-corrected chi connectivity index (χ4v) is 5.13. The van der Waals surface area contributed by atoms with Crippen molar-refractivity contribution < 1.29 is 50.1 Å². The molecule has 1 heterocycles. The van der Waals surface area contributed by atoms with E-state index in [-0.39, 0.29) is 25.1 Å². The number of hydrogen-bond acceptors (Lipinski definition) is 5. The highest BCUT2D eigenvalue weighted by Crippen LogP contribution is 2.52. The van der Waals surface area contributed by atoms with Gasteiger partial charge >= 0.3 is 24.5 Å². The van der Waals surface area contributed by atoms with Gasteiger partial charge in [0, 0.05) is 30.6 Å². The number of hydrogen-bond donors (Lipinski definition) is 1. The zero-order valence-corrected chi connectivity index (χ0v) is 23.2. The zero-order valence-electron chi connectivity index (χ0n) is 23.2. The number of alkyl carbamates (subject to hydrolysis) is 1. The van der Waals surface area contributed by atoms with Gasteiger partial charge in [0.1, 0.15) is 12.4 Å². The molecule has 1 spiro atoms. The molecule has 43 heavy (non-hydrogen) atoms. The minimum Gasteiger partial charge on any atom is -0.493 e. The maximum absolute atomic E-state index is 12.7. The monoisotopic (exact) mass is 614 g/mol. The number of benzene rings is 2. The molecule has 1 aliphatic carbocycles. The van der Waals surface area contributed by atoms with E-state index in [1.807, 2.05) is 60.7 Å². The van der Waals surface area contributed by atoms with Crippen molar-refractivity contribution in [1.82, 2.24) is 10.2 Å². The van der Waals surface area contributed by atoms with Gasteiger partial charge in [0.25, 0.3) is 6.10 Å². The Morgan fingerprint density at radius 1 is 0.907 bits per heavy atom. The minimum absolute atomic E-state index is 0.0311. The van der Waals surface area contributed by atoms with Crippen LogP contribution in [0.15, 0.2) is 60.2 Å². The van der Waals surface area contributed by atoms with Crippen molar-refractivity contribution in [2.45, 2.75) is 57.2 Å². The molecule has 2 aliphatic rings. The Labute approximate surface area is 244 Å². The number of nitrogens with zero attached hydrogens (tertiary/aromatic N) is 1. The van der Waals surface area contributed by atoms with E-state index in [2.05, 4.69) is 10.1 Å². The number of amides is 2. The first-order valence-corrected chi connectivity index (χ1v) is 13.8. The lowest BCUT2D eigenvalue weighted by atomic mass is 9.60. The van der Waals surface area contributed by atoms with Crippen LogP contribution in [-0.2, 0) is 16.1 Å². The van der Waals surface area contributed by atoms with E-state index in [9.17, 15) is 35.9 Å². The van der Waals surface area contributed by atoms with Gasteiger partial charge in [-0.1, -0.05) is 60.2 Å². The quantitative estimate of drug-likeness (QED) is 0.213. The molecule has 2 aromatic rings. The van der Waals surface area contributed by atoms with E-state index in [0.29, 0.717) is 31.7 Å². The number of ether oxygens (including phenoxy) is 3.